The highest BCUT2D eigenvalue weighted by Gasteiger charge is 2.43. The molecule has 9 heteroatoms. The predicted molar refractivity (Wildman–Crippen MR) is 83.8 cm³/mol. The monoisotopic (exact) mass is 338 g/mol. The molecule has 0 aliphatic carbocycles. The molecule has 4 rings (SSSR count). The number of aromatic nitrogens is 2. The predicted octanol–water partition coefficient (Wildman–Crippen LogP) is -0.0856. The first-order valence-electron chi connectivity index (χ1n) is 7.96. The number of fused-ring (bicyclic) bond motifs is 6. The van der Waals surface area contributed by atoms with Crippen LogP contribution in [-0.4, -0.2) is 75.6 Å². The Bertz CT molecular complexity index is 492. The van der Waals surface area contributed by atoms with Crippen LogP contribution in [0.3, 0.4) is 0 Å². The van der Waals surface area contributed by atoms with Gasteiger partial charge in [0.05, 0.1) is 26.0 Å². The van der Waals surface area contributed by atoms with Gasteiger partial charge in [0.25, 0.3) is 5.91 Å². The third kappa shape index (κ3) is 4.55. The highest BCUT2D eigenvalue weighted by Crippen LogP contribution is 2.21. The minimum absolute atomic E-state index is 0.217. The van der Waals surface area contributed by atoms with Crippen molar-refractivity contribution in [1.82, 2.24) is 20.2 Å². The van der Waals surface area contributed by atoms with Gasteiger partial charge in [-0.15, -0.1) is 0 Å². The van der Waals surface area contributed by atoms with Crippen LogP contribution in [0.1, 0.15) is 16.9 Å². The summed E-state index contributed by atoms with van der Waals surface area (Å²) in [6.07, 6.45) is 5.25. The number of rotatable bonds is 5. The highest BCUT2D eigenvalue weighted by molar-refractivity contribution is 6.60. The second-order valence-electron chi connectivity index (χ2n) is 5.52. The SMILES string of the molecule is O=C(NCCC[Si]12OCCN(CCO1)CCO2)c1cnccn1. The summed E-state index contributed by atoms with van der Waals surface area (Å²) < 4.78 is 17.9. The molecule has 0 aromatic carbocycles. The van der Waals surface area contributed by atoms with Crippen LogP contribution >= 0.6 is 0 Å². The van der Waals surface area contributed by atoms with Crippen molar-refractivity contribution < 1.29 is 18.1 Å². The Balaban J connectivity index is 1.46. The normalized spacial score (nSPS) is 27.7. The summed E-state index contributed by atoms with van der Waals surface area (Å²) in [5.41, 5.74) is 0.323. The second-order valence-corrected chi connectivity index (χ2v) is 8.25. The third-order valence-electron chi connectivity index (χ3n) is 3.93. The number of hydrogen-bond acceptors (Lipinski definition) is 7. The van der Waals surface area contributed by atoms with E-state index < -0.39 is 8.80 Å². The molecule has 0 radical (unpaired) electrons. The lowest BCUT2D eigenvalue weighted by atomic mass is 10.4. The van der Waals surface area contributed by atoms with Crippen molar-refractivity contribution in [3.8, 4) is 0 Å². The number of nitrogens with zero attached hydrogens (tertiary/aromatic N) is 3. The zero-order valence-corrected chi connectivity index (χ0v) is 14.1. The summed E-state index contributed by atoms with van der Waals surface area (Å²) >= 11 is 0. The van der Waals surface area contributed by atoms with E-state index in [1.807, 2.05) is 0 Å². The molecule has 0 spiro atoms. The molecule has 3 aliphatic heterocycles. The standard InChI is InChI=1S/C14H22N4O4Si/c19-14(13-12-15-3-4-16-13)17-2-1-11-23-20-8-5-18(6-9-21-23)7-10-22-23/h3-4,12H,1-2,5-11H2,(H,17,19). The van der Waals surface area contributed by atoms with E-state index in [0.717, 1.165) is 26.1 Å². The highest BCUT2D eigenvalue weighted by atomic mass is 28.4. The summed E-state index contributed by atoms with van der Waals surface area (Å²) in [5.74, 6) is -0.217. The fraction of sp³-hybridized carbons (Fsp3) is 0.643. The largest absolute Gasteiger partial charge is 0.501 e. The maximum absolute atomic E-state index is 11.9. The van der Waals surface area contributed by atoms with Crippen LogP contribution in [0.4, 0.5) is 0 Å². The van der Waals surface area contributed by atoms with Crippen LogP contribution in [0.25, 0.3) is 0 Å². The van der Waals surface area contributed by atoms with E-state index in [1.54, 1.807) is 0 Å². The number of amides is 1. The molecule has 3 fully saturated rings. The van der Waals surface area contributed by atoms with E-state index in [1.165, 1.54) is 18.6 Å². The first-order valence-corrected chi connectivity index (χ1v) is 9.89. The third-order valence-corrected chi connectivity index (χ3v) is 6.83. The maximum atomic E-state index is 11.9. The molecule has 0 unspecified atom stereocenters. The Morgan fingerprint density at radius 1 is 1.17 bits per heavy atom. The van der Waals surface area contributed by atoms with E-state index in [9.17, 15) is 4.79 Å². The summed E-state index contributed by atoms with van der Waals surface area (Å²) in [7, 11) is -2.58. The van der Waals surface area contributed by atoms with Gasteiger partial charge in [0.2, 0.25) is 0 Å². The van der Waals surface area contributed by atoms with E-state index in [2.05, 4.69) is 20.2 Å². The lowest BCUT2D eigenvalue weighted by Gasteiger charge is -2.38. The van der Waals surface area contributed by atoms with Crippen molar-refractivity contribution in [3.63, 3.8) is 0 Å². The Labute approximate surface area is 136 Å². The molecule has 1 aromatic heterocycles. The van der Waals surface area contributed by atoms with Gasteiger partial charge in [0.1, 0.15) is 5.69 Å². The zero-order chi connectivity index (χ0) is 16.0. The minimum Gasteiger partial charge on any atom is -0.372 e. The molecular weight excluding hydrogens is 316 g/mol. The van der Waals surface area contributed by atoms with Crippen molar-refractivity contribution >= 4 is 14.7 Å². The number of nitrogens with one attached hydrogen (secondary N) is 1. The summed E-state index contributed by atoms with van der Waals surface area (Å²) in [5, 5.41) is 2.84. The fourth-order valence-electron chi connectivity index (χ4n) is 2.68. The van der Waals surface area contributed by atoms with Crippen LogP contribution in [0.2, 0.25) is 6.04 Å². The molecular formula is C14H22N4O4Si. The molecule has 3 aliphatic rings. The Morgan fingerprint density at radius 2 is 1.87 bits per heavy atom. The second kappa shape index (κ2) is 7.93. The average molecular weight is 338 g/mol. The van der Waals surface area contributed by atoms with Gasteiger partial charge >= 0.3 is 8.80 Å². The quantitative estimate of drug-likeness (QED) is 0.593. The van der Waals surface area contributed by atoms with Crippen LogP contribution in [-0.2, 0) is 13.3 Å². The van der Waals surface area contributed by atoms with Crippen LogP contribution in [0.15, 0.2) is 18.6 Å². The van der Waals surface area contributed by atoms with Crippen molar-refractivity contribution in [2.75, 3.05) is 46.0 Å². The van der Waals surface area contributed by atoms with Gasteiger partial charge in [-0.3, -0.25) is 14.7 Å². The molecule has 126 valence electrons. The van der Waals surface area contributed by atoms with Crippen molar-refractivity contribution in [2.24, 2.45) is 0 Å². The van der Waals surface area contributed by atoms with E-state index in [4.69, 9.17) is 13.3 Å². The van der Waals surface area contributed by atoms with Gasteiger partial charge in [0.15, 0.2) is 0 Å². The lowest BCUT2D eigenvalue weighted by Crippen LogP contribution is -2.55. The van der Waals surface area contributed by atoms with Crippen molar-refractivity contribution in [3.05, 3.63) is 24.3 Å². The van der Waals surface area contributed by atoms with Crippen LogP contribution in [0.5, 0.6) is 0 Å². The van der Waals surface area contributed by atoms with Gasteiger partial charge in [-0.1, -0.05) is 0 Å². The van der Waals surface area contributed by atoms with Gasteiger partial charge < -0.3 is 18.6 Å². The smallest absolute Gasteiger partial charge is 0.372 e. The molecule has 0 atom stereocenters. The topological polar surface area (TPSA) is 85.8 Å². The molecule has 1 N–H and O–H groups in total. The van der Waals surface area contributed by atoms with E-state index in [-0.39, 0.29) is 5.91 Å². The fourth-order valence-corrected chi connectivity index (χ4v) is 5.18. The molecule has 1 aromatic rings. The molecule has 2 bridgehead atoms. The first-order chi connectivity index (χ1) is 11.3. The summed E-state index contributed by atoms with van der Waals surface area (Å²) in [6, 6.07) is 0.716. The lowest BCUT2D eigenvalue weighted by molar-refractivity contribution is -0.00851. The van der Waals surface area contributed by atoms with Gasteiger partial charge in [0, 0.05) is 44.6 Å². The Hall–Kier alpha value is -1.39. The number of carbonyl (C=O) groups is 1. The van der Waals surface area contributed by atoms with Gasteiger partial charge in [-0.25, -0.2) is 4.98 Å². The molecule has 3 saturated heterocycles. The van der Waals surface area contributed by atoms with Gasteiger partial charge in [-0.2, -0.15) is 0 Å². The van der Waals surface area contributed by atoms with Crippen LogP contribution in [0, 0.1) is 0 Å². The van der Waals surface area contributed by atoms with Crippen LogP contribution < -0.4 is 5.32 Å². The van der Waals surface area contributed by atoms with Crippen molar-refractivity contribution in [2.45, 2.75) is 12.5 Å². The minimum atomic E-state index is -2.58. The molecule has 8 nitrogen and oxygen atoms in total. The van der Waals surface area contributed by atoms with Gasteiger partial charge in [-0.05, 0) is 6.42 Å². The van der Waals surface area contributed by atoms with Crippen molar-refractivity contribution in [1.29, 1.82) is 0 Å². The molecule has 4 heterocycles. The first kappa shape index (κ1) is 16.5. The summed E-state index contributed by atoms with van der Waals surface area (Å²) in [6.45, 7) is 5.29. The number of carbonyl (C=O) groups excluding carboxylic acids is 1. The zero-order valence-electron chi connectivity index (χ0n) is 13.1. The van der Waals surface area contributed by atoms with E-state index in [0.29, 0.717) is 38.1 Å². The van der Waals surface area contributed by atoms with E-state index >= 15 is 0 Å². The Kier molecular flexibility index (Phi) is 5.68. The maximum Gasteiger partial charge on any atom is 0.501 e. The number of hydrogen-bond donors (Lipinski definition) is 1. The average Bonchev–Trinajstić information content (AvgIpc) is 2.52. The Morgan fingerprint density at radius 3 is 2.48 bits per heavy atom. The summed E-state index contributed by atoms with van der Waals surface area (Å²) in [4.78, 5) is 22.1. The molecule has 23 heavy (non-hydrogen) atoms. The molecule has 1 amide bonds. The molecule has 0 saturated carbocycles.